The third-order valence-electron chi connectivity index (χ3n) is 4.01. The van der Waals surface area contributed by atoms with Gasteiger partial charge in [-0.05, 0) is 42.5 Å². The lowest BCUT2D eigenvalue weighted by Gasteiger charge is -2.17. The zero-order valence-corrected chi connectivity index (χ0v) is 14.6. The third kappa shape index (κ3) is 3.68. The van der Waals surface area contributed by atoms with Crippen LogP contribution in [0.15, 0.2) is 47.4 Å². The number of carbonyl (C=O) groups excluding carboxylic acids is 1. The zero-order valence-electron chi connectivity index (χ0n) is 13.8. The molecule has 9 heteroatoms. The van der Waals surface area contributed by atoms with E-state index in [1.54, 1.807) is 24.3 Å². The summed E-state index contributed by atoms with van der Waals surface area (Å²) in [5, 5.41) is 0. The second-order valence-corrected chi connectivity index (χ2v) is 7.48. The molecule has 1 aliphatic rings. The van der Waals surface area contributed by atoms with Crippen molar-refractivity contribution < 1.29 is 26.7 Å². The van der Waals surface area contributed by atoms with Gasteiger partial charge in [0.2, 0.25) is 15.9 Å². The van der Waals surface area contributed by atoms with Gasteiger partial charge >= 0.3 is 0 Å². The van der Waals surface area contributed by atoms with Gasteiger partial charge in [-0.25, -0.2) is 21.9 Å². The Morgan fingerprint density at radius 2 is 1.85 bits per heavy atom. The molecule has 0 saturated carbocycles. The smallest absolute Gasteiger partial charge is 0.243 e. The van der Waals surface area contributed by atoms with Crippen molar-refractivity contribution in [1.82, 2.24) is 4.72 Å². The molecular formula is C17H16F2N2O4S. The van der Waals surface area contributed by atoms with Crippen molar-refractivity contribution in [2.75, 3.05) is 18.6 Å². The molecule has 1 aliphatic heterocycles. The van der Waals surface area contributed by atoms with Crippen LogP contribution in [0.1, 0.15) is 6.42 Å². The molecule has 1 N–H and O–H groups in total. The average molecular weight is 382 g/mol. The summed E-state index contributed by atoms with van der Waals surface area (Å²) in [7, 11) is -2.78. The maximum Gasteiger partial charge on any atom is 0.243 e. The maximum atomic E-state index is 13.8. The lowest BCUT2D eigenvalue weighted by Crippen LogP contribution is -2.37. The van der Waals surface area contributed by atoms with Crippen LogP contribution >= 0.6 is 0 Å². The highest BCUT2D eigenvalue weighted by Crippen LogP contribution is 2.25. The Labute approximate surface area is 149 Å². The second kappa shape index (κ2) is 7.00. The number of anilines is 1. The Morgan fingerprint density at radius 1 is 1.15 bits per heavy atom. The number of methoxy groups -OCH3 is 1. The van der Waals surface area contributed by atoms with Gasteiger partial charge in [0.25, 0.3) is 0 Å². The number of hydrogen-bond donors (Lipinski definition) is 1. The van der Waals surface area contributed by atoms with Crippen LogP contribution in [0.3, 0.4) is 0 Å². The number of nitrogens with one attached hydrogen (secondary N) is 1. The summed E-state index contributed by atoms with van der Waals surface area (Å²) in [6, 6.07) is 8.16. The molecule has 1 amide bonds. The van der Waals surface area contributed by atoms with Gasteiger partial charge in [0.1, 0.15) is 22.3 Å². The van der Waals surface area contributed by atoms with Gasteiger partial charge < -0.3 is 9.64 Å². The topological polar surface area (TPSA) is 75.7 Å². The van der Waals surface area contributed by atoms with E-state index in [0.29, 0.717) is 17.5 Å². The molecule has 0 spiro atoms. The van der Waals surface area contributed by atoms with Crippen molar-refractivity contribution in [3.8, 4) is 5.75 Å². The minimum absolute atomic E-state index is 0.0812. The monoisotopic (exact) mass is 382 g/mol. The first kappa shape index (κ1) is 18.3. The molecule has 3 rings (SSSR count). The summed E-state index contributed by atoms with van der Waals surface area (Å²) >= 11 is 0. The molecule has 1 heterocycles. The normalized spacial score (nSPS) is 17.6. The van der Waals surface area contributed by atoms with Crippen molar-refractivity contribution in [1.29, 1.82) is 0 Å². The Hall–Kier alpha value is -2.52. The van der Waals surface area contributed by atoms with E-state index in [-0.39, 0.29) is 18.9 Å². The van der Waals surface area contributed by atoms with E-state index in [4.69, 9.17) is 4.74 Å². The molecule has 2 aromatic rings. The van der Waals surface area contributed by atoms with Crippen molar-refractivity contribution in [2.45, 2.75) is 17.4 Å². The Kier molecular flexibility index (Phi) is 4.92. The minimum Gasteiger partial charge on any atom is -0.497 e. The van der Waals surface area contributed by atoms with Crippen LogP contribution in [0.5, 0.6) is 5.75 Å². The molecule has 138 valence electrons. The van der Waals surface area contributed by atoms with Crippen LogP contribution in [0.4, 0.5) is 14.5 Å². The molecule has 1 saturated heterocycles. The van der Waals surface area contributed by atoms with Crippen LogP contribution in [-0.2, 0) is 14.8 Å². The fraction of sp³-hybridized carbons (Fsp3) is 0.235. The minimum atomic E-state index is -4.30. The molecule has 6 nitrogen and oxygen atoms in total. The molecule has 1 fully saturated rings. The number of benzene rings is 2. The predicted molar refractivity (Wildman–Crippen MR) is 90.4 cm³/mol. The first-order valence-corrected chi connectivity index (χ1v) is 9.20. The Balaban J connectivity index is 1.77. The molecule has 1 atom stereocenters. The van der Waals surface area contributed by atoms with Gasteiger partial charge in [0, 0.05) is 24.7 Å². The zero-order chi connectivity index (χ0) is 18.9. The first-order chi connectivity index (χ1) is 12.3. The summed E-state index contributed by atoms with van der Waals surface area (Å²) in [6.07, 6.45) is -0.0812. The first-order valence-electron chi connectivity index (χ1n) is 7.72. The average Bonchev–Trinajstić information content (AvgIpc) is 2.96. The van der Waals surface area contributed by atoms with Crippen LogP contribution < -0.4 is 14.4 Å². The number of carbonyl (C=O) groups is 1. The summed E-state index contributed by atoms with van der Waals surface area (Å²) < 4.78 is 59.0. The van der Waals surface area contributed by atoms with Crippen LogP contribution in [0, 0.1) is 11.6 Å². The highest BCUT2D eigenvalue weighted by molar-refractivity contribution is 7.89. The Bertz CT molecular complexity index is 932. The third-order valence-corrected chi connectivity index (χ3v) is 5.55. The number of amides is 1. The standard InChI is InChI=1S/C17H16F2N2O4S/c1-25-14-5-3-13(4-6-14)21-10-12(9-17(21)22)20-26(23,24)16-8-11(18)2-7-15(16)19/h2-8,12,20H,9-10H2,1H3/t12-/m0/s1. The fourth-order valence-corrected chi connectivity index (χ4v) is 4.08. The van der Waals surface area contributed by atoms with E-state index in [1.165, 1.54) is 12.0 Å². The molecule has 26 heavy (non-hydrogen) atoms. The van der Waals surface area contributed by atoms with E-state index >= 15 is 0 Å². The summed E-state index contributed by atoms with van der Waals surface area (Å²) in [6.45, 7) is 0.0846. The fourth-order valence-electron chi connectivity index (χ4n) is 2.76. The van der Waals surface area contributed by atoms with Crippen molar-refractivity contribution in [3.05, 3.63) is 54.1 Å². The molecule has 0 aliphatic carbocycles. The molecule has 0 bridgehead atoms. The van der Waals surface area contributed by atoms with Crippen molar-refractivity contribution >= 4 is 21.6 Å². The van der Waals surface area contributed by atoms with Gasteiger partial charge in [0.05, 0.1) is 7.11 Å². The number of nitrogens with zero attached hydrogens (tertiary/aromatic N) is 1. The number of sulfonamides is 1. The summed E-state index contributed by atoms with van der Waals surface area (Å²) in [5.74, 6) is -1.58. The molecule has 0 radical (unpaired) electrons. The summed E-state index contributed by atoms with van der Waals surface area (Å²) in [5.41, 5.74) is 0.592. The van der Waals surface area contributed by atoms with Gasteiger partial charge in [-0.1, -0.05) is 0 Å². The molecule has 2 aromatic carbocycles. The van der Waals surface area contributed by atoms with Gasteiger partial charge in [0.15, 0.2) is 0 Å². The highest BCUT2D eigenvalue weighted by atomic mass is 32.2. The SMILES string of the molecule is COc1ccc(N2C[C@@H](NS(=O)(=O)c3cc(F)ccc3F)CC2=O)cc1. The van der Waals surface area contributed by atoms with Crippen LogP contribution in [0.2, 0.25) is 0 Å². The van der Waals surface area contributed by atoms with E-state index in [0.717, 1.165) is 12.1 Å². The molecule has 0 unspecified atom stereocenters. The highest BCUT2D eigenvalue weighted by Gasteiger charge is 2.34. The van der Waals surface area contributed by atoms with Crippen LogP contribution in [0.25, 0.3) is 0 Å². The molecule has 0 aromatic heterocycles. The number of rotatable bonds is 5. The number of hydrogen-bond acceptors (Lipinski definition) is 4. The van der Waals surface area contributed by atoms with Crippen LogP contribution in [-0.4, -0.2) is 34.0 Å². The van der Waals surface area contributed by atoms with Crippen molar-refractivity contribution in [3.63, 3.8) is 0 Å². The number of ether oxygens (including phenoxy) is 1. The second-order valence-electron chi connectivity index (χ2n) is 5.80. The van der Waals surface area contributed by atoms with Gasteiger partial charge in [-0.3, -0.25) is 4.79 Å². The van der Waals surface area contributed by atoms with E-state index in [2.05, 4.69) is 4.72 Å². The maximum absolute atomic E-state index is 13.8. The van der Waals surface area contributed by atoms with E-state index in [1.807, 2.05) is 0 Å². The van der Waals surface area contributed by atoms with Gasteiger partial charge in [-0.15, -0.1) is 0 Å². The largest absolute Gasteiger partial charge is 0.497 e. The lowest BCUT2D eigenvalue weighted by atomic mass is 10.3. The van der Waals surface area contributed by atoms with E-state index in [9.17, 15) is 22.0 Å². The van der Waals surface area contributed by atoms with Gasteiger partial charge in [-0.2, -0.15) is 0 Å². The van der Waals surface area contributed by atoms with Crippen molar-refractivity contribution in [2.24, 2.45) is 0 Å². The summed E-state index contributed by atoms with van der Waals surface area (Å²) in [4.78, 5) is 12.8. The van der Waals surface area contributed by atoms with E-state index < -0.39 is 32.6 Å². The lowest BCUT2D eigenvalue weighted by molar-refractivity contribution is -0.117. The quantitative estimate of drug-likeness (QED) is 0.859. The number of halogens is 2. The Morgan fingerprint density at radius 3 is 2.50 bits per heavy atom. The molecular weight excluding hydrogens is 366 g/mol. The predicted octanol–water partition coefficient (Wildman–Crippen LogP) is 2.06.